The Morgan fingerprint density at radius 1 is 1.29 bits per heavy atom. The van der Waals surface area contributed by atoms with Crippen molar-refractivity contribution in [2.45, 2.75) is 30.7 Å². The summed E-state index contributed by atoms with van der Waals surface area (Å²) in [6.45, 7) is 2.50. The normalized spacial score (nSPS) is 18.2. The van der Waals surface area contributed by atoms with E-state index in [1.807, 2.05) is 0 Å². The van der Waals surface area contributed by atoms with Crippen LogP contribution in [-0.2, 0) is 20.0 Å². The minimum atomic E-state index is -3.84. The molecule has 1 aliphatic rings. The molecule has 0 aliphatic carbocycles. The first-order valence-electron chi connectivity index (χ1n) is 7.26. The number of nitrogens with one attached hydrogen (secondary N) is 3. The van der Waals surface area contributed by atoms with Crippen LogP contribution in [0.2, 0.25) is 0 Å². The summed E-state index contributed by atoms with van der Waals surface area (Å²) in [5.41, 5.74) is -0.275. The first-order valence-corrected chi connectivity index (χ1v) is 10.4. The molecule has 7 nitrogen and oxygen atoms in total. The Kier molecular flexibility index (Phi) is 7.42. The van der Waals surface area contributed by atoms with Crippen molar-refractivity contribution in [3.05, 3.63) is 24.0 Å². The van der Waals surface area contributed by atoms with Gasteiger partial charge in [-0.05, 0) is 44.5 Å². The summed E-state index contributed by atoms with van der Waals surface area (Å²) >= 11 is 0. The van der Waals surface area contributed by atoms with Gasteiger partial charge in [-0.3, -0.25) is 4.72 Å². The van der Waals surface area contributed by atoms with E-state index in [0.29, 0.717) is 0 Å². The molecule has 1 aromatic rings. The van der Waals surface area contributed by atoms with Gasteiger partial charge in [0.15, 0.2) is 0 Å². The topological polar surface area (TPSA) is 104 Å². The molecule has 1 heterocycles. The van der Waals surface area contributed by atoms with Gasteiger partial charge >= 0.3 is 0 Å². The van der Waals surface area contributed by atoms with E-state index in [4.69, 9.17) is 0 Å². The molecule has 1 saturated heterocycles. The fourth-order valence-corrected chi connectivity index (χ4v) is 3.95. The van der Waals surface area contributed by atoms with E-state index in [0.717, 1.165) is 31.5 Å². The van der Waals surface area contributed by atoms with Crippen LogP contribution < -0.4 is 14.8 Å². The third kappa shape index (κ3) is 5.55. The van der Waals surface area contributed by atoms with Crippen molar-refractivity contribution in [1.82, 2.24) is 10.0 Å². The summed E-state index contributed by atoms with van der Waals surface area (Å²) in [5, 5.41) is 3.16. The van der Waals surface area contributed by atoms with Gasteiger partial charge in [0, 0.05) is 12.6 Å². The standard InChI is InChI=1S/C13H20FN3O4S2.ClH/c1-2-22(18,19)17-13-6-5-11(8-12(13)14)23(20,21)16-9-10-4-3-7-15-10;/h5-6,8,10,15-17H,2-4,7,9H2,1H3;1H. The minimum Gasteiger partial charge on any atom is -0.313 e. The van der Waals surface area contributed by atoms with E-state index in [9.17, 15) is 21.2 Å². The molecule has 1 atom stereocenters. The zero-order chi connectivity index (χ0) is 17.1. The zero-order valence-corrected chi connectivity index (χ0v) is 15.5. The van der Waals surface area contributed by atoms with Crippen molar-refractivity contribution >= 4 is 38.1 Å². The summed E-state index contributed by atoms with van der Waals surface area (Å²) in [4.78, 5) is -0.243. The number of halogens is 2. The molecule has 0 radical (unpaired) electrons. The lowest BCUT2D eigenvalue weighted by molar-refractivity contribution is 0.550. The van der Waals surface area contributed by atoms with Gasteiger partial charge in [-0.15, -0.1) is 12.4 Å². The molecular weight excluding hydrogens is 381 g/mol. The molecule has 1 unspecified atom stereocenters. The number of hydrogen-bond donors (Lipinski definition) is 3. The summed E-state index contributed by atoms with van der Waals surface area (Å²) in [6.07, 6.45) is 1.88. The second-order valence-electron chi connectivity index (χ2n) is 5.29. The van der Waals surface area contributed by atoms with Crippen LogP contribution in [0.15, 0.2) is 23.1 Å². The molecule has 138 valence electrons. The van der Waals surface area contributed by atoms with Crippen LogP contribution >= 0.6 is 12.4 Å². The molecule has 1 fully saturated rings. The second-order valence-corrected chi connectivity index (χ2v) is 9.07. The van der Waals surface area contributed by atoms with Gasteiger partial charge in [0.05, 0.1) is 16.3 Å². The van der Waals surface area contributed by atoms with E-state index in [1.54, 1.807) is 0 Å². The van der Waals surface area contributed by atoms with Crippen LogP contribution in [0.1, 0.15) is 19.8 Å². The van der Waals surface area contributed by atoms with E-state index >= 15 is 0 Å². The van der Waals surface area contributed by atoms with Crippen molar-refractivity contribution in [3.8, 4) is 0 Å². The highest BCUT2D eigenvalue weighted by molar-refractivity contribution is 7.92. The van der Waals surface area contributed by atoms with Gasteiger partial charge in [-0.25, -0.2) is 25.9 Å². The molecule has 0 bridgehead atoms. The highest BCUT2D eigenvalue weighted by Gasteiger charge is 2.21. The number of anilines is 1. The third-order valence-electron chi connectivity index (χ3n) is 3.58. The number of rotatable bonds is 7. The van der Waals surface area contributed by atoms with E-state index in [-0.39, 0.29) is 41.3 Å². The number of benzene rings is 1. The van der Waals surface area contributed by atoms with Crippen LogP contribution in [-0.4, -0.2) is 41.7 Å². The van der Waals surface area contributed by atoms with Crippen molar-refractivity contribution in [1.29, 1.82) is 0 Å². The molecular formula is C13H21ClFN3O4S2. The predicted octanol–water partition coefficient (Wildman–Crippen LogP) is 1.04. The molecule has 0 spiro atoms. The van der Waals surface area contributed by atoms with E-state index in [1.165, 1.54) is 13.0 Å². The van der Waals surface area contributed by atoms with Gasteiger partial charge in [-0.1, -0.05) is 0 Å². The fourth-order valence-electron chi connectivity index (χ4n) is 2.21. The monoisotopic (exact) mass is 401 g/mol. The van der Waals surface area contributed by atoms with Gasteiger partial charge in [0.1, 0.15) is 5.82 Å². The lowest BCUT2D eigenvalue weighted by atomic mass is 10.2. The van der Waals surface area contributed by atoms with Crippen LogP contribution in [0.3, 0.4) is 0 Å². The maximum atomic E-state index is 14.0. The fraction of sp³-hybridized carbons (Fsp3) is 0.538. The molecule has 0 saturated carbocycles. The lowest BCUT2D eigenvalue weighted by Gasteiger charge is -2.13. The Morgan fingerprint density at radius 2 is 2.00 bits per heavy atom. The van der Waals surface area contributed by atoms with Crippen LogP contribution in [0.25, 0.3) is 0 Å². The van der Waals surface area contributed by atoms with Crippen molar-refractivity contribution in [2.24, 2.45) is 0 Å². The Balaban J connectivity index is 0.00000288. The molecule has 0 amide bonds. The zero-order valence-electron chi connectivity index (χ0n) is 13.1. The molecule has 1 aromatic carbocycles. The molecule has 24 heavy (non-hydrogen) atoms. The summed E-state index contributed by atoms with van der Waals surface area (Å²) < 4.78 is 65.6. The molecule has 1 aliphatic heterocycles. The Morgan fingerprint density at radius 3 is 2.54 bits per heavy atom. The van der Waals surface area contributed by atoms with E-state index < -0.39 is 25.9 Å². The lowest BCUT2D eigenvalue weighted by Crippen LogP contribution is -2.37. The van der Waals surface area contributed by atoms with Crippen LogP contribution in [0, 0.1) is 5.82 Å². The number of sulfonamides is 2. The van der Waals surface area contributed by atoms with Gasteiger partial charge in [-0.2, -0.15) is 0 Å². The van der Waals surface area contributed by atoms with Crippen molar-refractivity contribution < 1.29 is 21.2 Å². The smallest absolute Gasteiger partial charge is 0.240 e. The highest BCUT2D eigenvalue weighted by atomic mass is 35.5. The summed E-state index contributed by atoms with van der Waals surface area (Å²) in [5.74, 6) is -1.15. The summed E-state index contributed by atoms with van der Waals surface area (Å²) in [7, 11) is -7.47. The SMILES string of the molecule is CCS(=O)(=O)Nc1ccc(S(=O)(=O)NCC2CCCN2)cc1F.Cl. The van der Waals surface area contributed by atoms with Gasteiger partial charge < -0.3 is 5.32 Å². The Bertz CT molecular complexity index is 765. The highest BCUT2D eigenvalue weighted by Crippen LogP contribution is 2.20. The maximum absolute atomic E-state index is 14.0. The van der Waals surface area contributed by atoms with E-state index in [2.05, 4.69) is 14.8 Å². The molecule has 2 rings (SSSR count). The molecule has 0 aromatic heterocycles. The summed E-state index contributed by atoms with van der Waals surface area (Å²) in [6, 6.07) is 3.15. The average Bonchev–Trinajstić information content (AvgIpc) is 3.00. The minimum absolute atomic E-state index is 0. The largest absolute Gasteiger partial charge is 0.313 e. The maximum Gasteiger partial charge on any atom is 0.240 e. The van der Waals surface area contributed by atoms with Crippen LogP contribution in [0.5, 0.6) is 0 Å². The predicted molar refractivity (Wildman–Crippen MR) is 92.9 cm³/mol. The third-order valence-corrected chi connectivity index (χ3v) is 6.29. The average molecular weight is 402 g/mol. The van der Waals surface area contributed by atoms with Gasteiger partial charge in [0.25, 0.3) is 0 Å². The molecule has 11 heteroatoms. The Hall–Kier alpha value is -0.940. The van der Waals surface area contributed by atoms with Crippen LogP contribution in [0.4, 0.5) is 10.1 Å². The second kappa shape index (κ2) is 8.43. The number of hydrogen-bond acceptors (Lipinski definition) is 5. The molecule has 3 N–H and O–H groups in total. The van der Waals surface area contributed by atoms with Crippen molar-refractivity contribution in [3.63, 3.8) is 0 Å². The first kappa shape index (κ1) is 21.1. The van der Waals surface area contributed by atoms with Crippen molar-refractivity contribution in [2.75, 3.05) is 23.6 Å². The Labute approximate surface area is 147 Å². The first-order chi connectivity index (χ1) is 10.7. The quantitative estimate of drug-likeness (QED) is 0.633. The van der Waals surface area contributed by atoms with Gasteiger partial charge in [0.2, 0.25) is 20.0 Å².